The molecule has 1 unspecified atom stereocenters. The zero-order valence-electron chi connectivity index (χ0n) is 11.2. The van der Waals surface area contributed by atoms with Crippen molar-refractivity contribution in [3.05, 3.63) is 12.2 Å². The van der Waals surface area contributed by atoms with E-state index in [-0.39, 0.29) is 42.4 Å². The quantitative estimate of drug-likeness (QED) is 0.545. The van der Waals surface area contributed by atoms with Crippen molar-refractivity contribution in [2.24, 2.45) is 11.8 Å². The van der Waals surface area contributed by atoms with Gasteiger partial charge in [-0.25, -0.2) is 0 Å². The van der Waals surface area contributed by atoms with E-state index in [9.17, 15) is 19.2 Å². The van der Waals surface area contributed by atoms with Gasteiger partial charge in [0.05, 0.1) is 11.8 Å². The molecule has 106 valence electrons. The third-order valence-corrected chi connectivity index (χ3v) is 4.58. The van der Waals surface area contributed by atoms with Crippen molar-refractivity contribution >= 4 is 23.6 Å². The molecule has 3 atom stereocenters. The zero-order valence-corrected chi connectivity index (χ0v) is 11.2. The number of hydrogen-bond donors (Lipinski definition) is 1. The van der Waals surface area contributed by atoms with Gasteiger partial charge < -0.3 is 0 Å². The number of hydrogen-bond acceptors (Lipinski definition) is 4. The highest BCUT2D eigenvalue weighted by molar-refractivity contribution is 6.12. The second-order valence-corrected chi connectivity index (χ2v) is 5.82. The van der Waals surface area contributed by atoms with Gasteiger partial charge in [-0.2, -0.15) is 0 Å². The number of fused-ring (bicyclic) bond motifs is 1. The molecule has 2 saturated heterocycles. The second kappa shape index (κ2) is 4.26. The number of piperidine rings is 1. The molecule has 3 rings (SSSR count). The predicted molar refractivity (Wildman–Crippen MR) is 68.0 cm³/mol. The van der Waals surface area contributed by atoms with Gasteiger partial charge in [-0.05, 0) is 26.2 Å². The summed E-state index contributed by atoms with van der Waals surface area (Å²) in [6, 6.07) is 0. The van der Waals surface area contributed by atoms with E-state index in [1.165, 1.54) is 0 Å². The Morgan fingerprint density at radius 3 is 2.15 bits per heavy atom. The van der Waals surface area contributed by atoms with Gasteiger partial charge in [0, 0.05) is 6.42 Å². The van der Waals surface area contributed by atoms with Crippen LogP contribution in [0.1, 0.15) is 32.6 Å². The van der Waals surface area contributed by atoms with E-state index >= 15 is 0 Å². The van der Waals surface area contributed by atoms with E-state index in [0.29, 0.717) is 12.8 Å². The molecule has 4 amide bonds. The van der Waals surface area contributed by atoms with Crippen molar-refractivity contribution in [3.8, 4) is 0 Å². The average molecular weight is 276 g/mol. The molecule has 1 N–H and O–H groups in total. The molecule has 1 aliphatic carbocycles. The predicted octanol–water partition coefficient (Wildman–Crippen LogP) is 0.133. The Morgan fingerprint density at radius 1 is 1.10 bits per heavy atom. The molecule has 0 radical (unpaired) electrons. The third-order valence-electron chi connectivity index (χ3n) is 4.58. The van der Waals surface area contributed by atoms with Crippen LogP contribution in [-0.4, -0.2) is 34.1 Å². The number of nitrogens with zero attached hydrogens (tertiary/aromatic N) is 1. The highest BCUT2D eigenvalue weighted by Crippen LogP contribution is 2.40. The molecule has 2 fully saturated rings. The van der Waals surface area contributed by atoms with Gasteiger partial charge in [-0.1, -0.05) is 12.2 Å². The second-order valence-electron chi connectivity index (χ2n) is 5.82. The minimum Gasteiger partial charge on any atom is -0.294 e. The smallest absolute Gasteiger partial charge is 0.252 e. The largest absolute Gasteiger partial charge is 0.294 e. The van der Waals surface area contributed by atoms with Crippen molar-refractivity contribution in [2.75, 3.05) is 0 Å². The first-order chi connectivity index (χ1) is 9.45. The summed E-state index contributed by atoms with van der Waals surface area (Å²) in [6.07, 6.45) is 5.24. The van der Waals surface area contributed by atoms with Gasteiger partial charge in [0.2, 0.25) is 17.7 Å². The van der Waals surface area contributed by atoms with Gasteiger partial charge in [0.15, 0.2) is 0 Å². The normalized spacial score (nSPS) is 37.1. The molecule has 0 spiro atoms. The molecule has 0 saturated carbocycles. The number of nitrogens with one attached hydrogen (secondary N) is 1. The van der Waals surface area contributed by atoms with E-state index in [4.69, 9.17) is 0 Å². The maximum atomic E-state index is 12.5. The van der Waals surface area contributed by atoms with E-state index in [1.54, 1.807) is 6.92 Å². The molecule has 0 bridgehead atoms. The van der Waals surface area contributed by atoms with Crippen LogP contribution in [0.2, 0.25) is 0 Å². The molecule has 2 aliphatic heterocycles. The van der Waals surface area contributed by atoms with Gasteiger partial charge in [-0.3, -0.25) is 29.4 Å². The van der Waals surface area contributed by atoms with E-state index < -0.39 is 11.4 Å². The molecule has 3 aliphatic rings. The van der Waals surface area contributed by atoms with Gasteiger partial charge in [0.25, 0.3) is 5.91 Å². The molecular formula is C14H16N2O4. The summed E-state index contributed by atoms with van der Waals surface area (Å²) in [5, 5.41) is 2.23. The van der Waals surface area contributed by atoms with Crippen molar-refractivity contribution in [1.82, 2.24) is 10.2 Å². The molecule has 0 aromatic rings. The van der Waals surface area contributed by atoms with Crippen LogP contribution in [0.3, 0.4) is 0 Å². The standard InChI is InChI=1S/C14H16N2O4/c1-14(7-6-10(17)15-13(14)20)16-11(18)8-4-2-3-5-9(8)12(16)19/h2-3,8-9H,4-7H2,1H3,(H,15,17,20)/t8-,9+,14?. The highest BCUT2D eigenvalue weighted by atomic mass is 16.2. The SMILES string of the molecule is CC1(N2C(=O)[C@H]3CC=CC[C@H]3C2=O)CCC(=O)NC1=O. The van der Waals surface area contributed by atoms with Crippen LogP contribution >= 0.6 is 0 Å². The summed E-state index contributed by atoms with van der Waals surface area (Å²) in [6.45, 7) is 1.56. The molecular weight excluding hydrogens is 260 g/mol. The Balaban J connectivity index is 1.94. The van der Waals surface area contributed by atoms with Crippen molar-refractivity contribution in [2.45, 2.75) is 38.1 Å². The fourth-order valence-electron chi connectivity index (χ4n) is 3.29. The Labute approximate surface area is 116 Å². The first-order valence-corrected chi connectivity index (χ1v) is 6.82. The monoisotopic (exact) mass is 276 g/mol. The average Bonchev–Trinajstić information content (AvgIpc) is 2.68. The van der Waals surface area contributed by atoms with Crippen LogP contribution < -0.4 is 5.32 Å². The lowest BCUT2D eigenvalue weighted by molar-refractivity contribution is -0.158. The molecule has 0 aromatic heterocycles. The lowest BCUT2D eigenvalue weighted by Gasteiger charge is -2.38. The molecule has 20 heavy (non-hydrogen) atoms. The first-order valence-electron chi connectivity index (χ1n) is 6.82. The van der Waals surface area contributed by atoms with Gasteiger partial charge in [-0.15, -0.1) is 0 Å². The zero-order chi connectivity index (χ0) is 14.5. The highest BCUT2D eigenvalue weighted by Gasteiger charge is 2.57. The number of carbonyl (C=O) groups is 4. The number of allylic oxidation sites excluding steroid dienone is 2. The Bertz CT molecular complexity index is 527. The number of carbonyl (C=O) groups excluding carboxylic acids is 4. The van der Waals surface area contributed by atoms with E-state index in [2.05, 4.69) is 5.32 Å². The van der Waals surface area contributed by atoms with Crippen LogP contribution in [0, 0.1) is 11.8 Å². The summed E-state index contributed by atoms with van der Waals surface area (Å²) in [4.78, 5) is 49.5. The number of imide groups is 2. The van der Waals surface area contributed by atoms with Crippen LogP contribution in [0.25, 0.3) is 0 Å². The van der Waals surface area contributed by atoms with Crippen LogP contribution in [0.5, 0.6) is 0 Å². The molecule has 6 nitrogen and oxygen atoms in total. The van der Waals surface area contributed by atoms with Crippen LogP contribution in [0.15, 0.2) is 12.2 Å². The Kier molecular flexibility index (Phi) is 2.77. The van der Waals surface area contributed by atoms with E-state index in [1.807, 2.05) is 12.2 Å². The number of likely N-dealkylation sites (tertiary alicyclic amines) is 1. The first kappa shape index (κ1) is 13.0. The fraction of sp³-hybridized carbons (Fsp3) is 0.571. The van der Waals surface area contributed by atoms with Crippen LogP contribution in [0.4, 0.5) is 0 Å². The maximum absolute atomic E-state index is 12.5. The Hall–Kier alpha value is -1.98. The fourth-order valence-corrected chi connectivity index (χ4v) is 3.29. The molecule has 0 aromatic carbocycles. The third kappa shape index (κ3) is 1.63. The van der Waals surface area contributed by atoms with Gasteiger partial charge in [0.1, 0.15) is 5.54 Å². The summed E-state index contributed by atoms with van der Waals surface area (Å²) >= 11 is 0. The minimum atomic E-state index is -1.24. The Morgan fingerprint density at radius 2 is 1.65 bits per heavy atom. The summed E-state index contributed by atoms with van der Waals surface area (Å²) in [5.41, 5.74) is -1.24. The van der Waals surface area contributed by atoms with Crippen molar-refractivity contribution in [1.29, 1.82) is 0 Å². The van der Waals surface area contributed by atoms with Crippen LogP contribution in [-0.2, 0) is 19.2 Å². The summed E-state index contributed by atoms with van der Waals surface area (Å²) in [5.74, 6) is -2.18. The van der Waals surface area contributed by atoms with Crippen molar-refractivity contribution in [3.63, 3.8) is 0 Å². The molecule has 2 heterocycles. The summed E-state index contributed by atoms with van der Waals surface area (Å²) in [7, 11) is 0. The lowest BCUT2D eigenvalue weighted by Crippen LogP contribution is -2.63. The number of amides is 4. The lowest BCUT2D eigenvalue weighted by atomic mass is 9.85. The van der Waals surface area contributed by atoms with E-state index in [0.717, 1.165) is 4.90 Å². The number of rotatable bonds is 1. The minimum absolute atomic E-state index is 0.146. The molecule has 6 heteroatoms. The van der Waals surface area contributed by atoms with Crippen molar-refractivity contribution < 1.29 is 19.2 Å². The van der Waals surface area contributed by atoms with Gasteiger partial charge >= 0.3 is 0 Å². The topological polar surface area (TPSA) is 83.6 Å². The maximum Gasteiger partial charge on any atom is 0.252 e. The summed E-state index contributed by atoms with van der Waals surface area (Å²) < 4.78 is 0.